The molecule has 0 saturated heterocycles. The van der Waals surface area contributed by atoms with Crippen LogP contribution in [0.3, 0.4) is 0 Å². The van der Waals surface area contributed by atoms with Gasteiger partial charge >= 0.3 is 0 Å². The van der Waals surface area contributed by atoms with Gasteiger partial charge in [-0.05, 0) is 58.3 Å². The van der Waals surface area contributed by atoms with E-state index in [1.807, 2.05) is 13.8 Å². The van der Waals surface area contributed by atoms with Gasteiger partial charge in [-0.3, -0.25) is 19.3 Å². The zero-order chi connectivity index (χ0) is 27.1. The van der Waals surface area contributed by atoms with Crippen molar-refractivity contribution in [3.63, 3.8) is 0 Å². The van der Waals surface area contributed by atoms with Crippen LogP contribution in [0.4, 0.5) is 0 Å². The monoisotopic (exact) mass is 498 g/mol. The lowest BCUT2D eigenvalue weighted by atomic mass is 9.52. The van der Waals surface area contributed by atoms with E-state index in [1.54, 1.807) is 47.0 Å². The highest BCUT2D eigenvalue weighted by atomic mass is 16.3. The number of phenols is 1. The largest absolute Gasteiger partial charge is 0.508 e. The number of ketones is 2. The quantitative estimate of drug-likeness (QED) is 0.390. The maximum Gasteiger partial charge on any atom is 0.258 e. The van der Waals surface area contributed by atoms with Crippen LogP contribution in [0.5, 0.6) is 5.75 Å². The molecular weight excluding hydrogens is 464 g/mol. The topological polar surface area (TPSA) is 147 Å². The highest BCUT2D eigenvalue weighted by Gasteiger charge is 2.66. The van der Waals surface area contributed by atoms with E-state index in [9.17, 15) is 34.8 Å². The molecule has 0 radical (unpaired) electrons. The number of nitrogens with one attached hydrogen (secondary N) is 1. The third kappa shape index (κ3) is 3.40. The van der Waals surface area contributed by atoms with Gasteiger partial charge in [0.2, 0.25) is 5.78 Å². The number of phenolic OH excluding ortho intramolecular Hbond substituents is 1. The van der Waals surface area contributed by atoms with Crippen LogP contribution in [0.15, 0.2) is 35.1 Å². The SMILES string of the molecule is CN(C)C1C(=O)C(C(=O)NC(C)(C)C)=C(O)C2(O)C(=O)C3=C(O)c4c(O)cccc4C(C)(C)C3CC12. The molecule has 0 aliphatic heterocycles. The molecule has 1 aromatic rings. The number of aliphatic hydroxyl groups excluding tert-OH is 2. The number of rotatable bonds is 2. The molecule has 1 amide bonds. The number of amides is 1. The lowest BCUT2D eigenvalue weighted by Gasteiger charge is -2.53. The molecule has 4 atom stereocenters. The predicted octanol–water partition coefficient (Wildman–Crippen LogP) is 2.13. The molecule has 0 spiro atoms. The van der Waals surface area contributed by atoms with E-state index in [0.717, 1.165) is 0 Å². The third-order valence-electron chi connectivity index (χ3n) is 7.83. The number of fused-ring (bicyclic) bond motifs is 3. The van der Waals surface area contributed by atoms with Crippen molar-refractivity contribution in [1.29, 1.82) is 0 Å². The zero-order valence-corrected chi connectivity index (χ0v) is 21.6. The minimum atomic E-state index is -2.62. The minimum absolute atomic E-state index is 0.0660. The smallest absolute Gasteiger partial charge is 0.258 e. The standard InChI is InChI=1S/C27H34N2O7/c1-25(2,3)28-24(35)18-21(32)19(29(6)7)14-11-13-17(22(33)27(14,36)23(18)34)20(31)16-12(26(13,4)5)9-8-10-15(16)30/h8-10,13-14,19,30-31,34,36H,11H2,1-7H3,(H,28,35). The zero-order valence-electron chi connectivity index (χ0n) is 21.6. The van der Waals surface area contributed by atoms with Gasteiger partial charge in [0.25, 0.3) is 5.91 Å². The molecule has 1 saturated carbocycles. The number of carbonyl (C=O) groups is 3. The third-order valence-corrected chi connectivity index (χ3v) is 7.83. The first-order valence-corrected chi connectivity index (χ1v) is 12.0. The Hall–Kier alpha value is -3.17. The van der Waals surface area contributed by atoms with Crippen LogP contribution in [-0.2, 0) is 19.8 Å². The molecule has 3 aliphatic carbocycles. The van der Waals surface area contributed by atoms with Crippen molar-refractivity contribution in [1.82, 2.24) is 10.2 Å². The Labute approximate surface area is 210 Å². The summed E-state index contributed by atoms with van der Waals surface area (Å²) in [5.41, 5.74) is -4.24. The van der Waals surface area contributed by atoms with Crippen LogP contribution in [-0.4, -0.2) is 74.1 Å². The first kappa shape index (κ1) is 25.9. The fourth-order valence-electron chi connectivity index (χ4n) is 6.15. The van der Waals surface area contributed by atoms with Crippen LogP contribution in [0, 0.1) is 11.8 Å². The molecular formula is C27H34N2O7. The normalized spacial score (nSPS) is 29.6. The summed E-state index contributed by atoms with van der Waals surface area (Å²) in [5.74, 6) is -6.00. The summed E-state index contributed by atoms with van der Waals surface area (Å²) < 4.78 is 0. The van der Waals surface area contributed by atoms with Gasteiger partial charge in [-0.1, -0.05) is 26.0 Å². The number of aliphatic hydroxyl groups is 3. The Kier molecular flexibility index (Phi) is 5.70. The summed E-state index contributed by atoms with van der Waals surface area (Å²) >= 11 is 0. The molecule has 0 bridgehead atoms. The average Bonchev–Trinajstić information content (AvgIpc) is 2.73. The number of benzene rings is 1. The fourth-order valence-corrected chi connectivity index (χ4v) is 6.15. The molecule has 3 aliphatic rings. The number of nitrogens with zero attached hydrogens (tertiary/aromatic N) is 1. The molecule has 1 aromatic carbocycles. The number of Topliss-reactive ketones (excluding diaryl/α,β-unsaturated/α-hetero) is 2. The molecule has 9 nitrogen and oxygen atoms in total. The van der Waals surface area contributed by atoms with Gasteiger partial charge in [0.1, 0.15) is 22.8 Å². The second-order valence-electron chi connectivity index (χ2n) is 11.9. The number of hydrogen-bond acceptors (Lipinski definition) is 8. The van der Waals surface area contributed by atoms with Gasteiger partial charge in [0.15, 0.2) is 11.4 Å². The summed E-state index contributed by atoms with van der Waals surface area (Å²) in [7, 11) is 3.22. The van der Waals surface area contributed by atoms with Crippen molar-refractivity contribution in [3.8, 4) is 5.75 Å². The second kappa shape index (κ2) is 7.91. The van der Waals surface area contributed by atoms with Crippen molar-refractivity contribution < 1.29 is 34.8 Å². The second-order valence-corrected chi connectivity index (χ2v) is 11.9. The highest BCUT2D eigenvalue weighted by molar-refractivity contribution is 6.25. The van der Waals surface area contributed by atoms with E-state index in [4.69, 9.17) is 0 Å². The molecule has 5 N–H and O–H groups in total. The molecule has 4 rings (SSSR count). The van der Waals surface area contributed by atoms with Crippen molar-refractivity contribution in [2.24, 2.45) is 11.8 Å². The van der Waals surface area contributed by atoms with E-state index in [1.165, 1.54) is 11.0 Å². The molecule has 4 unspecified atom stereocenters. The van der Waals surface area contributed by atoms with Crippen LogP contribution in [0.25, 0.3) is 5.76 Å². The molecule has 0 aromatic heterocycles. The van der Waals surface area contributed by atoms with Gasteiger partial charge < -0.3 is 25.7 Å². The Balaban J connectivity index is 2.00. The minimum Gasteiger partial charge on any atom is -0.508 e. The molecule has 194 valence electrons. The van der Waals surface area contributed by atoms with E-state index in [0.29, 0.717) is 5.56 Å². The molecule has 1 fully saturated rings. The van der Waals surface area contributed by atoms with Gasteiger partial charge in [-0.15, -0.1) is 0 Å². The van der Waals surface area contributed by atoms with Crippen molar-refractivity contribution in [2.45, 2.75) is 63.6 Å². The Morgan fingerprint density at radius 3 is 2.28 bits per heavy atom. The highest BCUT2D eigenvalue weighted by Crippen LogP contribution is 2.57. The summed E-state index contributed by atoms with van der Waals surface area (Å²) in [4.78, 5) is 42.3. The lowest BCUT2D eigenvalue weighted by Crippen LogP contribution is -2.67. The Morgan fingerprint density at radius 2 is 1.72 bits per heavy atom. The first-order valence-electron chi connectivity index (χ1n) is 12.0. The maximum absolute atomic E-state index is 14.1. The number of hydrogen-bond donors (Lipinski definition) is 5. The Morgan fingerprint density at radius 1 is 1.11 bits per heavy atom. The van der Waals surface area contributed by atoms with Crippen LogP contribution in [0.2, 0.25) is 0 Å². The van der Waals surface area contributed by atoms with Gasteiger partial charge in [0, 0.05) is 22.9 Å². The van der Waals surface area contributed by atoms with Crippen molar-refractivity contribution in [2.75, 3.05) is 14.1 Å². The van der Waals surface area contributed by atoms with E-state index in [2.05, 4.69) is 5.32 Å². The molecule has 0 heterocycles. The number of aromatic hydroxyl groups is 1. The van der Waals surface area contributed by atoms with Crippen molar-refractivity contribution >= 4 is 23.2 Å². The number of carbonyl (C=O) groups excluding carboxylic acids is 3. The average molecular weight is 499 g/mol. The fraction of sp³-hybridized carbons (Fsp3) is 0.519. The maximum atomic E-state index is 14.1. The van der Waals surface area contributed by atoms with Crippen molar-refractivity contribution in [3.05, 3.63) is 46.2 Å². The first-order chi connectivity index (χ1) is 16.5. The molecule has 36 heavy (non-hydrogen) atoms. The van der Waals surface area contributed by atoms with Gasteiger partial charge in [0.05, 0.1) is 11.6 Å². The summed E-state index contributed by atoms with van der Waals surface area (Å²) in [5, 5.41) is 47.5. The Bertz CT molecular complexity index is 1250. The summed E-state index contributed by atoms with van der Waals surface area (Å²) in [6, 6.07) is 3.72. The van der Waals surface area contributed by atoms with Crippen LogP contribution in [0.1, 0.15) is 52.2 Å². The predicted molar refractivity (Wildman–Crippen MR) is 132 cm³/mol. The lowest BCUT2D eigenvalue weighted by molar-refractivity contribution is -0.155. The van der Waals surface area contributed by atoms with Gasteiger partial charge in [-0.2, -0.15) is 0 Å². The van der Waals surface area contributed by atoms with Crippen LogP contribution < -0.4 is 5.32 Å². The van der Waals surface area contributed by atoms with Crippen LogP contribution >= 0.6 is 0 Å². The van der Waals surface area contributed by atoms with E-state index >= 15 is 0 Å². The number of likely N-dealkylation sites (N-methyl/N-ethyl adjacent to an activating group) is 1. The summed E-state index contributed by atoms with van der Waals surface area (Å²) in [6.07, 6.45) is 0.0660. The summed E-state index contributed by atoms with van der Waals surface area (Å²) in [6.45, 7) is 8.83. The molecule has 9 heteroatoms. The van der Waals surface area contributed by atoms with E-state index in [-0.39, 0.29) is 23.3 Å². The van der Waals surface area contributed by atoms with Gasteiger partial charge in [-0.25, -0.2) is 0 Å². The van der Waals surface area contributed by atoms with E-state index < -0.39 is 69.0 Å².